The number of aliphatic hydroxyl groups is 1. The maximum atomic E-state index is 9.02. The molecule has 80 valence electrons. The number of para-hydroxylation sites is 1. The van der Waals surface area contributed by atoms with Crippen LogP contribution in [0.25, 0.3) is 0 Å². The van der Waals surface area contributed by atoms with Gasteiger partial charge in [0, 0.05) is 13.1 Å². The van der Waals surface area contributed by atoms with Gasteiger partial charge in [0.2, 0.25) is 0 Å². The molecule has 0 radical (unpaired) electrons. The Morgan fingerprint density at radius 3 is 2.73 bits per heavy atom. The van der Waals surface area contributed by atoms with Gasteiger partial charge < -0.3 is 10.0 Å². The van der Waals surface area contributed by atoms with Gasteiger partial charge >= 0.3 is 0 Å². The van der Waals surface area contributed by atoms with E-state index in [1.807, 2.05) is 36.9 Å². The smallest absolute Gasteiger partial charge is 0.101 e. The standard InChI is InChI=1S/C12H16N2O/c1-3-14(7-8-15)12-10(2)5-4-6-11(12)9-13/h4-6,15H,3,7-8H2,1-2H3. The molecule has 1 N–H and O–H groups in total. The zero-order valence-electron chi connectivity index (χ0n) is 9.20. The number of nitrogens with zero attached hydrogens (tertiary/aromatic N) is 2. The molecule has 0 fully saturated rings. The predicted molar refractivity (Wildman–Crippen MR) is 60.9 cm³/mol. The van der Waals surface area contributed by atoms with E-state index in [1.54, 1.807) is 0 Å². The molecule has 0 atom stereocenters. The third-order valence-electron chi connectivity index (χ3n) is 2.43. The fourth-order valence-corrected chi connectivity index (χ4v) is 1.72. The lowest BCUT2D eigenvalue weighted by Gasteiger charge is -2.24. The minimum atomic E-state index is 0.104. The molecule has 0 saturated carbocycles. The van der Waals surface area contributed by atoms with E-state index in [9.17, 15) is 0 Å². The topological polar surface area (TPSA) is 47.3 Å². The Balaban J connectivity index is 3.15. The number of nitriles is 1. The fraction of sp³-hybridized carbons (Fsp3) is 0.417. The molecular weight excluding hydrogens is 188 g/mol. The summed E-state index contributed by atoms with van der Waals surface area (Å²) in [6.07, 6.45) is 0. The number of likely N-dealkylation sites (N-methyl/N-ethyl adjacent to an activating group) is 1. The van der Waals surface area contributed by atoms with Crippen LogP contribution in [0.4, 0.5) is 5.69 Å². The third-order valence-corrected chi connectivity index (χ3v) is 2.43. The molecule has 3 nitrogen and oxygen atoms in total. The maximum Gasteiger partial charge on any atom is 0.101 e. The maximum absolute atomic E-state index is 9.02. The molecule has 15 heavy (non-hydrogen) atoms. The number of aliphatic hydroxyl groups excluding tert-OH is 1. The second-order valence-corrected chi connectivity index (χ2v) is 3.39. The molecule has 0 spiro atoms. The Labute approximate surface area is 90.6 Å². The van der Waals surface area contributed by atoms with Crippen molar-refractivity contribution in [1.29, 1.82) is 5.26 Å². The zero-order valence-corrected chi connectivity index (χ0v) is 9.20. The Hall–Kier alpha value is -1.53. The molecule has 0 aromatic heterocycles. The minimum absolute atomic E-state index is 0.104. The molecular formula is C12H16N2O. The summed E-state index contributed by atoms with van der Waals surface area (Å²) < 4.78 is 0. The van der Waals surface area contributed by atoms with Crippen LogP contribution in [0.1, 0.15) is 18.1 Å². The van der Waals surface area contributed by atoms with Crippen molar-refractivity contribution >= 4 is 5.69 Å². The van der Waals surface area contributed by atoms with Gasteiger partial charge in [-0.3, -0.25) is 0 Å². The van der Waals surface area contributed by atoms with Gasteiger partial charge in [-0.25, -0.2) is 0 Å². The summed E-state index contributed by atoms with van der Waals surface area (Å²) >= 11 is 0. The number of anilines is 1. The van der Waals surface area contributed by atoms with E-state index in [0.29, 0.717) is 12.1 Å². The van der Waals surface area contributed by atoms with Crippen LogP contribution < -0.4 is 4.90 Å². The average molecular weight is 204 g/mol. The molecule has 0 bridgehead atoms. The molecule has 0 heterocycles. The predicted octanol–water partition coefficient (Wildman–Crippen LogP) is 1.69. The highest BCUT2D eigenvalue weighted by atomic mass is 16.3. The summed E-state index contributed by atoms with van der Waals surface area (Å²) in [7, 11) is 0. The van der Waals surface area contributed by atoms with E-state index in [2.05, 4.69) is 6.07 Å². The van der Waals surface area contributed by atoms with E-state index < -0.39 is 0 Å². The van der Waals surface area contributed by atoms with Gasteiger partial charge in [0.1, 0.15) is 6.07 Å². The second kappa shape index (κ2) is 5.38. The van der Waals surface area contributed by atoms with E-state index >= 15 is 0 Å². The highest BCUT2D eigenvalue weighted by molar-refractivity contribution is 5.63. The van der Waals surface area contributed by atoms with Crippen LogP contribution in [0, 0.1) is 18.3 Å². The first kappa shape index (κ1) is 11.5. The van der Waals surface area contributed by atoms with Gasteiger partial charge in [-0.05, 0) is 25.5 Å². The van der Waals surface area contributed by atoms with Crippen molar-refractivity contribution in [2.24, 2.45) is 0 Å². The van der Waals surface area contributed by atoms with Crippen LogP contribution in [0.2, 0.25) is 0 Å². The van der Waals surface area contributed by atoms with Crippen LogP contribution in [0.3, 0.4) is 0 Å². The molecule has 1 rings (SSSR count). The molecule has 1 aromatic carbocycles. The van der Waals surface area contributed by atoms with E-state index in [0.717, 1.165) is 17.8 Å². The zero-order chi connectivity index (χ0) is 11.3. The van der Waals surface area contributed by atoms with Gasteiger partial charge in [0.15, 0.2) is 0 Å². The van der Waals surface area contributed by atoms with Gasteiger partial charge in [-0.2, -0.15) is 5.26 Å². The highest BCUT2D eigenvalue weighted by Crippen LogP contribution is 2.24. The van der Waals surface area contributed by atoms with Crippen molar-refractivity contribution in [3.05, 3.63) is 29.3 Å². The van der Waals surface area contributed by atoms with Crippen molar-refractivity contribution in [2.75, 3.05) is 24.6 Å². The summed E-state index contributed by atoms with van der Waals surface area (Å²) in [5.41, 5.74) is 2.69. The first-order valence-corrected chi connectivity index (χ1v) is 5.10. The highest BCUT2D eigenvalue weighted by Gasteiger charge is 2.11. The van der Waals surface area contributed by atoms with Gasteiger partial charge in [-0.15, -0.1) is 0 Å². The van der Waals surface area contributed by atoms with E-state index in [1.165, 1.54) is 0 Å². The number of hydrogen-bond acceptors (Lipinski definition) is 3. The summed E-state index contributed by atoms with van der Waals surface area (Å²) in [4.78, 5) is 2.02. The second-order valence-electron chi connectivity index (χ2n) is 3.39. The number of aryl methyl sites for hydroxylation is 1. The lowest BCUT2D eigenvalue weighted by molar-refractivity contribution is 0.302. The van der Waals surface area contributed by atoms with Crippen LogP contribution in [0.5, 0.6) is 0 Å². The van der Waals surface area contributed by atoms with Crippen LogP contribution >= 0.6 is 0 Å². The number of rotatable bonds is 4. The first-order chi connectivity index (χ1) is 7.24. The Morgan fingerprint density at radius 1 is 1.47 bits per heavy atom. The van der Waals surface area contributed by atoms with Crippen molar-refractivity contribution in [2.45, 2.75) is 13.8 Å². The molecule has 0 aliphatic rings. The Morgan fingerprint density at radius 2 is 2.20 bits per heavy atom. The van der Waals surface area contributed by atoms with Gasteiger partial charge in [-0.1, -0.05) is 12.1 Å². The summed E-state index contributed by atoms with van der Waals surface area (Å²) in [6, 6.07) is 7.86. The fourth-order valence-electron chi connectivity index (χ4n) is 1.72. The Kier molecular flexibility index (Phi) is 4.14. The lowest BCUT2D eigenvalue weighted by Crippen LogP contribution is -2.27. The molecule has 0 unspecified atom stereocenters. The van der Waals surface area contributed by atoms with Crippen LogP contribution in [-0.4, -0.2) is 24.8 Å². The molecule has 0 aliphatic carbocycles. The average Bonchev–Trinajstić information content (AvgIpc) is 2.26. The molecule has 0 saturated heterocycles. The van der Waals surface area contributed by atoms with Gasteiger partial charge in [0.05, 0.1) is 17.9 Å². The normalized spacial score (nSPS) is 9.73. The third kappa shape index (κ3) is 2.48. The monoisotopic (exact) mass is 204 g/mol. The quantitative estimate of drug-likeness (QED) is 0.811. The number of benzene rings is 1. The van der Waals surface area contributed by atoms with Crippen LogP contribution in [-0.2, 0) is 0 Å². The summed E-state index contributed by atoms with van der Waals surface area (Å²) in [6.45, 7) is 5.46. The van der Waals surface area contributed by atoms with Crippen molar-refractivity contribution in [1.82, 2.24) is 0 Å². The number of hydrogen-bond donors (Lipinski definition) is 1. The minimum Gasteiger partial charge on any atom is -0.395 e. The van der Waals surface area contributed by atoms with Crippen LogP contribution in [0.15, 0.2) is 18.2 Å². The largest absolute Gasteiger partial charge is 0.395 e. The van der Waals surface area contributed by atoms with E-state index in [4.69, 9.17) is 10.4 Å². The lowest BCUT2D eigenvalue weighted by atomic mass is 10.1. The molecule has 0 aliphatic heterocycles. The molecule has 3 heteroatoms. The van der Waals surface area contributed by atoms with Crippen molar-refractivity contribution in [3.8, 4) is 6.07 Å². The van der Waals surface area contributed by atoms with Gasteiger partial charge in [0.25, 0.3) is 0 Å². The first-order valence-electron chi connectivity index (χ1n) is 5.10. The summed E-state index contributed by atoms with van der Waals surface area (Å²) in [5.74, 6) is 0. The Bertz CT molecular complexity index is 368. The summed E-state index contributed by atoms with van der Waals surface area (Å²) in [5, 5.41) is 18.0. The van der Waals surface area contributed by atoms with Crippen molar-refractivity contribution in [3.63, 3.8) is 0 Å². The van der Waals surface area contributed by atoms with E-state index in [-0.39, 0.29) is 6.61 Å². The molecule has 0 amide bonds. The molecule has 1 aromatic rings. The SMILES string of the molecule is CCN(CCO)c1c(C)cccc1C#N. The van der Waals surface area contributed by atoms with Crippen molar-refractivity contribution < 1.29 is 5.11 Å².